The largest absolute Gasteiger partial charge is 0.489 e. The Morgan fingerprint density at radius 3 is 2.56 bits per heavy atom. The predicted molar refractivity (Wildman–Crippen MR) is 254 cm³/mol. The first kappa shape index (κ1) is 45.9. The van der Waals surface area contributed by atoms with Crippen LogP contribution in [0.3, 0.4) is 0 Å². The minimum atomic E-state index is -4.72. The molecule has 0 radical (unpaired) electrons. The molecule has 10 rings (SSSR count). The maximum atomic E-state index is 14.7. The minimum absolute atomic E-state index is 0.00977. The standard InChI is InChI=1S/C50H58FN7O9S/c1-30(2)36-6-4-5-7-37(36)43-29-65-19-18-57(43)33-24-50(25-33)14-16-56(17-15-50)32-8-9-38(44(20-32)67-34-21-39-40(51)27-53-47(39)52-26-34)48(59)55-68(63,64)35-22-42(58(61)62)46-45(23-35)66-28-41(54-46)31-10-12-49(3,60)13-11-31/h4-9,20-23,26-27,30-31,33,41,43,54,60H,10-19,24-25,28-29H2,1-3H3,(H,52,53)(H,55,59)/t31?,41-,43+,49?/m1/s1. The van der Waals surface area contributed by atoms with Gasteiger partial charge in [0.05, 0.1) is 57.9 Å². The monoisotopic (exact) mass is 951 g/mol. The smallest absolute Gasteiger partial charge is 0.297 e. The van der Waals surface area contributed by atoms with Gasteiger partial charge in [-0.15, -0.1) is 0 Å². The number of piperidine rings is 1. The van der Waals surface area contributed by atoms with E-state index in [-0.39, 0.29) is 63.9 Å². The number of morpholine rings is 1. The van der Waals surface area contributed by atoms with Gasteiger partial charge in [0.25, 0.3) is 21.6 Å². The third kappa shape index (κ3) is 8.98. The molecule has 2 saturated carbocycles. The Hall–Kier alpha value is -5.82. The van der Waals surface area contributed by atoms with E-state index in [2.05, 4.69) is 67.9 Å². The quantitative estimate of drug-likeness (QED) is 0.0725. The van der Waals surface area contributed by atoms with Crippen LogP contribution in [0.15, 0.2) is 78.0 Å². The van der Waals surface area contributed by atoms with Crippen molar-refractivity contribution in [2.24, 2.45) is 11.3 Å². The number of pyridine rings is 1. The number of hydrogen-bond acceptors (Lipinski definition) is 13. The summed E-state index contributed by atoms with van der Waals surface area (Å²) in [5, 5.41) is 26.2. The lowest BCUT2D eigenvalue weighted by molar-refractivity contribution is -0.384. The number of nitrogens with one attached hydrogen (secondary N) is 3. The van der Waals surface area contributed by atoms with Gasteiger partial charge in [0, 0.05) is 55.8 Å². The Morgan fingerprint density at radius 2 is 1.81 bits per heavy atom. The van der Waals surface area contributed by atoms with Gasteiger partial charge in [-0.05, 0) is 105 Å². The third-order valence-electron chi connectivity index (χ3n) is 15.2. The molecule has 2 aromatic heterocycles. The van der Waals surface area contributed by atoms with E-state index in [0.29, 0.717) is 49.9 Å². The summed E-state index contributed by atoms with van der Waals surface area (Å²) in [6.07, 6.45) is 9.28. The van der Waals surface area contributed by atoms with Crippen LogP contribution in [0, 0.1) is 27.3 Å². The van der Waals surface area contributed by atoms with Crippen molar-refractivity contribution in [3.63, 3.8) is 0 Å². The molecular formula is C50H58FN7O9S. The topological polar surface area (TPSA) is 201 Å². The van der Waals surface area contributed by atoms with E-state index in [9.17, 15) is 32.8 Å². The number of fused-ring (bicyclic) bond motifs is 2. The van der Waals surface area contributed by atoms with Gasteiger partial charge in [-0.3, -0.25) is 19.8 Å². The number of nitro benzene ring substituents is 1. The molecule has 1 spiro atoms. The number of carbonyl (C=O) groups is 1. The first-order chi connectivity index (χ1) is 32.6. The zero-order valence-electron chi connectivity index (χ0n) is 38.5. The lowest BCUT2D eigenvalue weighted by Gasteiger charge is -2.57. The summed E-state index contributed by atoms with van der Waals surface area (Å²) >= 11 is 0. The Bertz CT molecular complexity index is 2850. The third-order valence-corrected chi connectivity index (χ3v) is 16.6. The highest BCUT2D eigenvalue weighted by Gasteiger charge is 2.50. The van der Waals surface area contributed by atoms with E-state index < -0.39 is 42.9 Å². The van der Waals surface area contributed by atoms with Gasteiger partial charge in [-0.1, -0.05) is 38.1 Å². The number of amides is 1. The second kappa shape index (κ2) is 17.9. The van der Waals surface area contributed by atoms with Crippen molar-refractivity contribution in [2.45, 2.75) is 107 Å². The van der Waals surface area contributed by atoms with Gasteiger partial charge in [0.15, 0.2) is 11.4 Å². The van der Waals surface area contributed by atoms with Crippen molar-refractivity contribution >= 4 is 44.0 Å². The number of H-pyrrole nitrogens is 1. The predicted octanol–water partition coefficient (Wildman–Crippen LogP) is 8.58. The highest BCUT2D eigenvalue weighted by Crippen LogP contribution is 2.53. The maximum Gasteiger partial charge on any atom is 0.297 e. The van der Waals surface area contributed by atoms with Gasteiger partial charge >= 0.3 is 0 Å². The fourth-order valence-electron chi connectivity index (χ4n) is 11.3. The number of nitro groups is 1. The number of aromatic nitrogens is 2. The molecule has 3 aromatic carbocycles. The second-order valence-corrected chi connectivity index (χ2v) is 21.7. The molecule has 5 aliphatic rings. The van der Waals surface area contributed by atoms with E-state index in [1.807, 2.05) is 0 Å². The molecule has 68 heavy (non-hydrogen) atoms. The van der Waals surface area contributed by atoms with E-state index >= 15 is 0 Å². The van der Waals surface area contributed by atoms with Gasteiger partial charge in [-0.2, -0.15) is 0 Å². The van der Waals surface area contributed by atoms with Crippen molar-refractivity contribution in [1.82, 2.24) is 19.6 Å². The average molecular weight is 952 g/mol. The molecule has 3 aliphatic heterocycles. The SMILES string of the molecule is CC(C)c1ccccc1[C@@H]1COCCN1C1CC2(CCN(c3ccc(C(=O)NS(=O)(=O)c4cc5c(c([N+](=O)[O-])c4)N[C@@H](C4CCC(C)(O)CC4)CO5)c(Oc4cnc5[nH]cc(F)c5c4)c3)CC2)C1. The van der Waals surface area contributed by atoms with E-state index in [0.717, 1.165) is 69.7 Å². The van der Waals surface area contributed by atoms with Crippen LogP contribution in [0.4, 0.5) is 21.5 Å². The van der Waals surface area contributed by atoms with Crippen LogP contribution in [-0.4, -0.2) is 96.4 Å². The molecule has 4 N–H and O–H groups in total. The molecule has 4 fully saturated rings. The first-order valence-corrected chi connectivity index (χ1v) is 25.2. The number of aromatic amines is 1. The number of rotatable bonds is 11. The van der Waals surface area contributed by atoms with Crippen LogP contribution < -0.4 is 24.4 Å². The lowest BCUT2D eigenvalue weighted by Crippen LogP contribution is -2.58. The van der Waals surface area contributed by atoms with Crippen molar-refractivity contribution < 1.29 is 41.8 Å². The molecule has 2 saturated heterocycles. The van der Waals surface area contributed by atoms with Gasteiger partial charge in [-0.25, -0.2) is 22.5 Å². The summed E-state index contributed by atoms with van der Waals surface area (Å²) in [4.78, 5) is 37.2. The Morgan fingerprint density at radius 1 is 1.04 bits per heavy atom. The van der Waals surface area contributed by atoms with Gasteiger partial charge in [0.1, 0.15) is 29.6 Å². The van der Waals surface area contributed by atoms with Crippen LogP contribution >= 0.6 is 0 Å². The van der Waals surface area contributed by atoms with E-state index in [4.69, 9.17) is 14.2 Å². The fraction of sp³-hybridized carbons (Fsp3) is 0.480. The summed E-state index contributed by atoms with van der Waals surface area (Å²) in [5.41, 5.74) is 2.63. The number of ether oxygens (including phenoxy) is 3. The summed E-state index contributed by atoms with van der Waals surface area (Å²) < 4.78 is 63.0. The van der Waals surface area contributed by atoms with Gasteiger partial charge in [0.2, 0.25) is 0 Å². The number of benzene rings is 3. The van der Waals surface area contributed by atoms with Crippen molar-refractivity contribution in [3.05, 3.63) is 106 Å². The molecule has 18 heteroatoms. The summed E-state index contributed by atoms with van der Waals surface area (Å²) in [7, 11) is -4.72. The number of aliphatic hydroxyl groups is 1. The Labute approximate surface area is 394 Å². The molecule has 2 aliphatic carbocycles. The molecule has 16 nitrogen and oxygen atoms in total. The first-order valence-electron chi connectivity index (χ1n) is 23.7. The molecule has 1 amide bonds. The van der Waals surface area contributed by atoms with Crippen molar-refractivity contribution in [1.29, 1.82) is 0 Å². The second-order valence-electron chi connectivity index (χ2n) is 20.1. The molecule has 2 atom stereocenters. The number of anilines is 2. The van der Waals surface area contributed by atoms with Crippen LogP contribution in [0.25, 0.3) is 11.0 Å². The fourth-order valence-corrected chi connectivity index (χ4v) is 12.3. The molecular weight excluding hydrogens is 894 g/mol. The minimum Gasteiger partial charge on any atom is -0.489 e. The number of nitrogens with zero attached hydrogens (tertiary/aromatic N) is 4. The maximum absolute atomic E-state index is 14.7. The highest BCUT2D eigenvalue weighted by molar-refractivity contribution is 7.90. The lowest BCUT2D eigenvalue weighted by atomic mass is 9.59. The van der Waals surface area contributed by atoms with Crippen LogP contribution in [0.2, 0.25) is 0 Å². The number of sulfonamides is 1. The van der Waals surface area contributed by atoms with Crippen molar-refractivity contribution in [2.75, 3.05) is 49.7 Å². The molecule has 5 heterocycles. The zero-order chi connectivity index (χ0) is 47.5. The number of halogens is 1. The summed E-state index contributed by atoms with van der Waals surface area (Å²) in [6.45, 7) is 10.2. The Kier molecular flexibility index (Phi) is 12.1. The Balaban J connectivity index is 0.864. The van der Waals surface area contributed by atoms with Crippen LogP contribution in [0.1, 0.15) is 106 Å². The average Bonchev–Trinajstić information content (AvgIpc) is 3.69. The summed E-state index contributed by atoms with van der Waals surface area (Å²) in [5.74, 6) is -0.989. The van der Waals surface area contributed by atoms with Crippen molar-refractivity contribution in [3.8, 4) is 17.2 Å². The van der Waals surface area contributed by atoms with E-state index in [1.165, 1.54) is 35.7 Å². The van der Waals surface area contributed by atoms with Crippen LogP contribution in [0.5, 0.6) is 17.2 Å². The molecule has 360 valence electrons. The normalized spacial score (nSPS) is 24.2. The highest BCUT2D eigenvalue weighted by atomic mass is 32.2. The number of hydrogen-bond donors (Lipinski definition) is 4. The van der Waals surface area contributed by atoms with E-state index in [1.54, 1.807) is 19.1 Å². The molecule has 0 bridgehead atoms. The number of carbonyl (C=O) groups excluding carboxylic acids is 1. The van der Waals surface area contributed by atoms with Gasteiger partial charge < -0.3 is 34.5 Å². The molecule has 0 unspecified atom stereocenters. The summed E-state index contributed by atoms with van der Waals surface area (Å²) in [6, 6.07) is 17.6. The molecule has 5 aromatic rings. The zero-order valence-corrected chi connectivity index (χ0v) is 39.3. The van der Waals surface area contributed by atoms with Crippen LogP contribution in [-0.2, 0) is 14.8 Å².